The van der Waals surface area contributed by atoms with Crippen LogP contribution in [-0.2, 0) is 15.1 Å². The van der Waals surface area contributed by atoms with E-state index in [0.717, 1.165) is 18.2 Å². The van der Waals surface area contributed by atoms with Crippen LogP contribution in [-0.4, -0.2) is 35.3 Å². The smallest absolute Gasteiger partial charge is 0.325 e. The molecule has 1 aromatic carbocycles. The quantitative estimate of drug-likeness (QED) is 0.768. The van der Waals surface area contributed by atoms with Crippen molar-refractivity contribution in [2.24, 2.45) is 0 Å². The number of imide groups is 1. The standard InChI is InChI=1S/C17H21F2N3O3/c1-4-11(5-2)20-14(23)9-22-15(24)17(3,21-16(22)25)12-8-10(18)6-7-13(12)19/h6-8,11H,4-5,9H2,1-3H3,(H,20,23)(H,21,25)/t17-/m1/s1. The molecule has 1 aliphatic heterocycles. The van der Waals surface area contributed by atoms with E-state index in [1.165, 1.54) is 6.92 Å². The molecule has 6 nitrogen and oxygen atoms in total. The van der Waals surface area contributed by atoms with E-state index in [1.54, 1.807) is 0 Å². The molecule has 0 aliphatic carbocycles. The van der Waals surface area contributed by atoms with Crippen molar-refractivity contribution in [3.8, 4) is 0 Å². The summed E-state index contributed by atoms with van der Waals surface area (Å²) < 4.78 is 27.5. The lowest BCUT2D eigenvalue weighted by Crippen LogP contribution is -2.45. The highest BCUT2D eigenvalue weighted by atomic mass is 19.1. The predicted octanol–water partition coefficient (Wildman–Crippen LogP) is 2.04. The van der Waals surface area contributed by atoms with Gasteiger partial charge in [-0.05, 0) is 38.0 Å². The Kier molecular flexibility index (Phi) is 5.39. The van der Waals surface area contributed by atoms with Gasteiger partial charge in [0.05, 0.1) is 0 Å². The third-order valence-electron chi connectivity index (χ3n) is 4.39. The molecule has 2 rings (SSSR count). The summed E-state index contributed by atoms with van der Waals surface area (Å²) >= 11 is 0. The maximum atomic E-state index is 14.1. The van der Waals surface area contributed by atoms with Gasteiger partial charge in [0.15, 0.2) is 0 Å². The number of hydrogen-bond acceptors (Lipinski definition) is 3. The molecule has 8 heteroatoms. The maximum absolute atomic E-state index is 14.1. The molecule has 0 aromatic heterocycles. The summed E-state index contributed by atoms with van der Waals surface area (Å²) in [5, 5.41) is 5.08. The normalized spacial score (nSPS) is 20.2. The van der Waals surface area contributed by atoms with Gasteiger partial charge in [0.25, 0.3) is 5.91 Å². The highest BCUT2D eigenvalue weighted by Crippen LogP contribution is 2.31. The number of hydrogen-bond donors (Lipinski definition) is 2. The molecule has 2 N–H and O–H groups in total. The van der Waals surface area contributed by atoms with Crippen molar-refractivity contribution in [1.82, 2.24) is 15.5 Å². The fourth-order valence-corrected chi connectivity index (χ4v) is 2.81. The molecule has 1 aliphatic rings. The third-order valence-corrected chi connectivity index (χ3v) is 4.39. The molecule has 136 valence electrons. The first-order valence-electron chi connectivity index (χ1n) is 8.11. The Balaban J connectivity index is 2.22. The Morgan fingerprint density at radius 2 is 1.92 bits per heavy atom. The monoisotopic (exact) mass is 353 g/mol. The Morgan fingerprint density at radius 3 is 2.52 bits per heavy atom. The average Bonchev–Trinajstić information content (AvgIpc) is 2.79. The van der Waals surface area contributed by atoms with E-state index in [0.29, 0.717) is 17.7 Å². The molecule has 0 radical (unpaired) electrons. The van der Waals surface area contributed by atoms with Gasteiger partial charge >= 0.3 is 6.03 Å². The lowest BCUT2D eigenvalue weighted by atomic mass is 9.91. The molecule has 1 aromatic rings. The molecule has 0 saturated carbocycles. The van der Waals surface area contributed by atoms with Crippen molar-refractivity contribution in [2.45, 2.75) is 45.2 Å². The molecule has 1 atom stereocenters. The van der Waals surface area contributed by atoms with Gasteiger partial charge < -0.3 is 10.6 Å². The molecular formula is C17H21F2N3O3. The zero-order valence-electron chi connectivity index (χ0n) is 14.4. The molecule has 25 heavy (non-hydrogen) atoms. The van der Waals surface area contributed by atoms with Gasteiger partial charge in [-0.3, -0.25) is 14.5 Å². The summed E-state index contributed by atoms with van der Waals surface area (Å²) in [4.78, 5) is 37.5. The van der Waals surface area contributed by atoms with Crippen molar-refractivity contribution in [2.75, 3.05) is 6.54 Å². The first-order valence-corrected chi connectivity index (χ1v) is 8.11. The predicted molar refractivity (Wildman–Crippen MR) is 86.5 cm³/mol. The summed E-state index contributed by atoms with van der Waals surface area (Å²) in [6.45, 7) is 4.62. The topological polar surface area (TPSA) is 78.5 Å². The molecular weight excluding hydrogens is 332 g/mol. The Morgan fingerprint density at radius 1 is 1.28 bits per heavy atom. The largest absolute Gasteiger partial charge is 0.352 e. The fourth-order valence-electron chi connectivity index (χ4n) is 2.81. The van der Waals surface area contributed by atoms with E-state index in [2.05, 4.69) is 10.6 Å². The van der Waals surface area contributed by atoms with Crippen LogP contribution in [0.4, 0.5) is 13.6 Å². The maximum Gasteiger partial charge on any atom is 0.325 e. The SMILES string of the molecule is CCC(CC)NC(=O)CN1C(=O)N[C@](C)(c2cc(F)ccc2F)C1=O. The molecule has 1 fully saturated rings. The Labute approximate surface area is 144 Å². The molecule has 0 unspecified atom stereocenters. The van der Waals surface area contributed by atoms with E-state index in [1.807, 2.05) is 13.8 Å². The van der Waals surface area contributed by atoms with Crippen molar-refractivity contribution in [1.29, 1.82) is 0 Å². The Bertz CT molecular complexity index is 706. The molecule has 4 amide bonds. The summed E-state index contributed by atoms with van der Waals surface area (Å²) in [5.74, 6) is -2.84. The second kappa shape index (κ2) is 7.16. The molecule has 1 saturated heterocycles. The molecule has 1 heterocycles. The highest BCUT2D eigenvalue weighted by molar-refractivity contribution is 6.09. The number of amides is 4. The highest BCUT2D eigenvalue weighted by Gasteiger charge is 2.50. The van der Waals surface area contributed by atoms with Crippen LogP contribution in [0.5, 0.6) is 0 Å². The zero-order chi connectivity index (χ0) is 18.8. The van der Waals surface area contributed by atoms with E-state index in [4.69, 9.17) is 0 Å². The van der Waals surface area contributed by atoms with Gasteiger partial charge in [0, 0.05) is 11.6 Å². The van der Waals surface area contributed by atoms with Crippen LogP contribution >= 0.6 is 0 Å². The van der Waals surface area contributed by atoms with Crippen LogP contribution < -0.4 is 10.6 Å². The van der Waals surface area contributed by atoms with Crippen LogP contribution in [0.2, 0.25) is 0 Å². The summed E-state index contributed by atoms with van der Waals surface area (Å²) in [7, 11) is 0. The van der Waals surface area contributed by atoms with Crippen molar-refractivity contribution in [3.63, 3.8) is 0 Å². The minimum Gasteiger partial charge on any atom is -0.352 e. The van der Waals surface area contributed by atoms with Gasteiger partial charge in [0.1, 0.15) is 23.7 Å². The second-order valence-electron chi connectivity index (χ2n) is 6.15. The van der Waals surface area contributed by atoms with E-state index in [-0.39, 0.29) is 11.6 Å². The van der Waals surface area contributed by atoms with Crippen molar-refractivity contribution in [3.05, 3.63) is 35.4 Å². The van der Waals surface area contributed by atoms with Crippen LogP contribution in [0.1, 0.15) is 39.2 Å². The minimum absolute atomic E-state index is 0.0553. The van der Waals surface area contributed by atoms with Crippen molar-refractivity contribution >= 4 is 17.8 Å². The van der Waals surface area contributed by atoms with E-state index >= 15 is 0 Å². The number of halogens is 2. The summed E-state index contributed by atoms with van der Waals surface area (Å²) in [6, 6.07) is 1.79. The van der Waals surface area contributed by atoms with Gasteiger partial charge in [-0.25, -0.2) is 13.6 Å². The lowest BCUT2D eigenvalue weighted by Gasteiger charge is -2.23. The van der Waals surface area contributed by atoms with Crippen LogP contribution in [0.25, 0.3) is 0 Å². The second-order valence-corrected chi connectivity index (χ2v) is 6.15. The van der Waals surface area contributed by atoms with Gasteiger partial charge in [-0.1, -0.05) is 13.8 Å². The number of rotatable bonds is 6. The van der Waals surface area contributed by atoms with E-state index in [9.17, 15) is 23.2 Å². The zero-order valence-corrected chi connectivity index (χ0v) is 14.4. The third kappa shape index (κ3) is 3.62. The molecule has 0 bridgehead atoms. The van der Waals surface area contributed by atoms with Crippen LogP contribution in [0.3, 0.4) is 0 Å². The first-order chi connectivity index (χ1) is 11.7. The van der Waals surface area contributed by atoms with Gasteiger partial charge in [-0.15, -0.1) is 0 Å². The number of urea groups is 1. The number of benzene rings is 1. The number of nitrogens with one attached hydrogen (secondary N) is 2. The number of carbonyl (C=O) groups is 3. The van der Waals surface area contributed by atoms with E-state index < -0.39 is 41.6 Å². The first kappa shape index (κ1) is 18.8. The summed E-state index contributed by atoms with van der Waals surface area (Å²) in [5.41, 5.74) is -2.05. The average molecular weight is 353 g/mol. The number of nitrogens with zero attached hydrogens (tertiary/aromatic N) is 1. The van der Waals surface area contributed by atoms with Gasteiger partial charge in [0.2, 0.25) is 5.91 Å². The molecule has 0 spiro atoms. The van der Waals surface area contributed by atoms with Crippen molar-refractivity contribution < 1.29 is 23.2 Å². The Hall–Kier alpha value is -2.51. The minimum atomic E-state index is -1.77. The fraction of sp³-hybridized carbons (Fsp3) is 0.471. The number of carbonyl (C=O) groups excluding carboxylic acids is 3. The summed E-state index contributed by atoms with van der Waals surface area (Å²) in [6.07, 6.45) is 1.43. The van der Waals surface area contributed by atoms with Crippen LogP contribution in [0, 0.1) is 11.6 Å². The van der Waals surface area contributed by atoms with Gasteiger partial charge in [-0.2, -0.15) is 0 Å². The van der Waals surface area contributed by atoms with Crippen LogP contribution in [0.15, 0.2) is 18.2 Å². The lowest BCUT2D eigenvalue weighted by molar-refractivity contribution is -0.135.